The molecule has 0 bridgehead atoms. The van der Waals surface area contributed by atoms with Gasteiger partial charge in [-0.25, -0.2) is 9.97 Å². The summed E-state index contributed by atoms with van der Waals surface area (Å²) in [7, 11) is 5.61. The molecule has 6 rings (SSSR count). The highest BCUT2D eigenvalue weighted by atomic mass is 35.5. The average Bonchev–Trinajstić information content (AvgIpc) is 3.81. The minimum Gasteiger partial charge on any atom is -0.459 e. The Bertz CT molecular complexity index is 2200. The smallest absolute Gasteiger partial charge is 0.311 e. The maximum absolute atomic E-state index is 15.0. The van der Waals surface area contributed by atoms with Crippen LogP contribution >= 0.6 is 35.0 Å². The van der Waals surface area contributed by atoms with Crippen LogP contribution in [0, 0.1) is 29.6 Å². The van der Waals surface area contributed by atoms with Crippen molar-refractivity contribution in [1.82, 2.24) is 24.4 Å². The van der Waals surface area contributed by atoms with E-state index in [4.69, 9.17) is 52.6 Å². The van der Waals surface area contributed by atoms with Crippen molar-refractivity contribution in [2.24, 2.45) is 29.6 Å². The van der Waals surface area contributed by atoms with Gasteiger partial charge in [-0.1, -0.05) is 50.9 Å². The van der Waals surface area contributed by atoms with E-state index >= 15 is 0 Å². The van der Waals surface area contributed by atoms with Crippen molar-refractivity contribution in [2.75, 3.05) is 38.0 Å². The fourth-order valence-electron chi connectivity index (χ4n) is 10.5. The number of nitrogens with one attached hydrogen (secondary N) is 1. The van der Waals surface area contributed by atoms with Crippen molar-refractivity contribution < 1.29 is 48.3 Å². The molecule has 0 saturated carbocycles. The number of nitrogens with zero attached hydrogens (tertiary/aromatic N) is 5. The largest absolute Gasteiger partial charge is 0.459 e. The summed E-state index contributed by atoms with van der Waals surface area (Å²) in [5.41, 5.74) is 4.85. The predicted molar refractivity (Wildman–Crippen MR) is 253 cm³/mol. The number of aliphatic hydroxyl groups is 2. The number of methoxy groups -OCH3 is 1. The first-order valence-corrected chi connectivity index (χ1v) is 24.5. The van der Waals surface area contributed by atoms with E-state index in [-0.39, 0.29) is 51.5 Å². The first-order valence-electron chi connectivity index (χ1n) is 22.7. The molecule has 3 aromatic heterocycles. The van der Waals surface area contributed by atoms with Crippen LogP contribution < -0.4 is 11.1 Å². The summed E-state index contributed by atoms with van der Waals surface area (Å²) in [5, 5.41) is 26.2. The number of cyclic esters (lactones) is 1. The number of ketones is 1. The lowest BCUT2D eigenvalue weighted by atomic mass is 9.70. The molecule has 3 aliphatic heterocycles. The molecule has 15 atom stereocenters. The van der Waals surface area contributed by atoms with Gasteiger partial charge in [0.2, 0.25) is 0 Å². The van der Waals surface area contributed by atoms with Crippen LogP contribution in [-0.4, -0.2) is 139 Å². The normalized spacial score (nSPS) is 36.0. The van der Waals surface area contributed by atoms with Gasteiger partial charge in [-0.2, -0.15) is 11.8 Å². The zero-order chi connectivity index (χ0) is 48.6. The zero-order valence-corrected chi connectivity index (χ0v) is 42.0. The first-order chi connectivity index (χ1) is 31.1. The molecule has 6 heterocycles. The molecule has 3 unspecified atom stereocenters. The molecule has 3 aromatic rings. The second kappa shape index (κ2) is 21.2. The van der Waals surface area contributed by atoms with Crippen LogP contribution in [0.3, 0.4) is 0 Å². The lowest BCUT2D eigenvalue weighted by Crippen LogP contribution is -2.57. The number of pyridine rings is 2. The predicted octanol–water partition coefficient (Wildman–Crippen LogP) is 6.24. The molecule has 366 valence electrons. The van der Waals surface area contributed by atoms with Gasteiger partial charge in [-0.05, 0) is 61.1 Å². The number of carbonyl (C=O) groups is 3. The van der Waals surface area contributed by atoms with Crippen LogP contribution in [0.25, 0.3) is 11.0 Å². The fraction of sp³-hybridized carbons (Fsp3) is 0.696. The average molecular weight is 981 g/mol. The van der Waals surface area contributed by atoms with E-state index in [1.807, 2.05) is 55.6 Å². The Morgan fingerprint density at radius 2 is 1.74 bits per heavy atom. The lowest BCUT2D eigenvalue weighted by molar-refractivity contribution is -0.271. The molecule has 0 aromatic carbocycles. The summed E-state index contributed by atoms with van der Waals surface area (Å²) >= 11 is 14.0. The molecule has 0 spiro atoms. The van der Waals surface area contributed by atoms with E-state index in [0.29, 0.717) is 36.2 Å². The molecule has 3 fully saturated rings. The van der Waals surface area contributed by atoms with Crippen LogP contribution in [0.1, 0.15) is 91.4 Å². The van der Waals surface area contributed by atoms with Crippen molar-refractivity contribution in [3.8, 4) is 0 Å². The molecule has 3 aliphatic rings. The van der Waals surface area contributed by atoms with Crippen molar-refractivity contribution in [1.29, 1.82) is 0 Å². The van der Waals surface area contributed by atoms with Crippen molar-refractivity contribution in [2.45, 2.75) is 147 Å². The number of anilines is 2. The number of amides is 1. The molecular weight excluding hydrogens is 914 g/mol. The number of ether oxygens (including phenoxy) is 5. The van der Waals surface area contributed by atoms with E-state index in [1.165, 1.54) is 30.4 Å². The molecule has 20 heteroatoms. The second-order valence-electron chi connectivity index (χ2n) is 19.0. The van der Waals surface area contributed by atoms with E-state index in [0.717, 1.165) is 6.42 Å². The molecule has 5 N–H and O–H groups in total. The molecular formula is C46H67Cl2N7O10S. The SMILES string of the molecule is CC[C@H]1OC(=O)[C@H](C)[C@@H](O)[C@H](C)C(O[C@H]2C[C@@H](N(C)C)C[C@@H](C)O2)[C@](C)(OC)C[C@@H](C)C(=O)[C@H](C)[C@H]2C(SCCn3cnc4c(N)ncc(C(=O)Nc5c(Cl)cncc5Cl)c43)C(O)O[C@@]21C. The second-order valence-corrected chi connectivity index (χ2v) is 21.1. The number of Topliss-reactive ketones (excluding diaryl/α,β-unsaturated/α-hetero) is 1. The number of nitrogens with two attached hydrogens (primary N) is 1. The lowest BCUT2D eigenvalue weighted by Gasteiger charge is -2.47. The minimum atomic E-state index is -1.36. The number of aryl methyl sites for hydroxylation is 1. The highest BCUT2D eigenvalue weighted by Gasteiger charge is 2.60. The van der Waals surface area contributed by atoms with Gasteiger partial charge >= 0.3 is 5.97 Å². The number of rotatable bonds is 11. The number of aliphatic hydroxyl groups excluding tert-OH is 2. The van der Waals surface area contributed by atoms with Gasteiger partial charge in [0.25, 0.3) is 5.91 Å². The number of halogens is 2. The monoisotopic (exact) mass is 979 g/mol. The highest BCUT2D eigenvalue weighted by Crippen LogP contribution is 2.50. The summed E-state index contributed by atoms with van der Waals surface area (Å²) in [6, 6.07) is 0.189. The number of thioether (sulfide) groups is 1. The maximum Gasteiger partial charge on any atom is 0.311 e. The molecule has 17 nitrogen and oxygen atoms in total. The molecule has 66 heavy (non-hydrogen) atoms. The van der Waals surface area contributed by atoms with Crippen LogP contribution in [0.5, 0.6) is 0 Å². The van der Waals surface area contributed by atoms with Gasteiger partial charge < -0.3 is 54.4 Å². The Labute approximate surface area is 401 Å². The topological polar surface area (TPSA) is 223 Å². The van der Waals surface area contributed by atoms with Gasteiger partial charge in [0.05, 0.1) is 68.2 Å². The van der Waals surface area contributed by atoms with E-state index < -0.39 is 88.8 Å². The quantitative estimate of drug-likeness (QED) is 0.156. The molecule has 3 saturated heterocycles. The number of fused-ring (bicyclic) bond motifs is 2. The number of nitrogen functional groups attached to an aromatic ring is 1. The van der Waals surface area contributed by atoms with Gasteiger partial charge in [-0.15, -0.1) is 0 Å². The third kappa shape index (κ3) is 10.5. The Kier molecular flexibility index (Phi) is 16.8. The van der Waals surface area contributed by atoms with Gasteiger partial charge in [0, 0.05) is 74.1 Å². The standard InChI is InChI=1S/C46H67Cl2N7O10S/c1-12-31-46(8)33(39(44(60)65-46)66-14-13-55-21-52-35-36(55)28(18-51-41(35)49)42(58)53-34-29(47)19-50-20-30(34)48)24(4)37(56)22(2)17-45(7,61-11)40(25(5)38(57)26(6)43(59)63-31)64-32-16-27(54(9)10)15-23(3)62-32/h18-27,31-33,38-40,44,57,60H,12-17H2,1-11H3,(H2,49,51)(H,50,53,58)/t22-,23-,24-,25+,26-,27+,31-,32+,33+,38+,39?,40?,44?,45-,46-/m1/s1. The maximum atomic E-state index is 15.0. The van der Waals surface area contributed by atoms with E-state index in [2.05, 4.69) is 25.2 Å². The Balaban J connectivity index is 1.31. The summed E-state index contributed by atoms with van der Waals surface area (Å²) in [4.78, 5) is 57.7. The minimum absolute atomic E-state index is 0.0911. The van der Waals surface area contributed by atoms with Crippen LogP contribution in [-0.2, 0) is 39.8 Å². The Hall–Kier alpha value is -3.17. The summed E-state index contributed by atoms with van der Waals surface area (Å²) < 4.78 is 34.0. The number of aromatic nitrogens is 4. The van der Waals surface area contributed by atoms with Gasteiger partial charge in [0.1, 0.15) is 23.0 Å². The van der Waals surface area contributed by atoms with Crippen LogP contribution in [0.15, 0.2) is 24.9 Å². The fourth-order valence-corrected chi connectivity index (χ4v) is 12.4. The van der Waals surface area contributed by atoms with Gasteiger partial charge in [-0.3, -0.25) is 19.4 Å². The van der Waals surface area contributed by atoms with Crippen molar-refractivity contribution in [3.63, 3.8) is 0 Å². The van der Waals surface area contributed by atoms with Crippen molar-refractivity contribution in [3.05, 3.63) is 40.5 Å². The van der Waals surface area contributed by atoms with Crippen LogP contribution in [0.4, 0.5) is 11.5 Å². The molecule has 0 aliphatic carbocycles. The number of hydrogen-bond acceptors (Lipinski definition) is 16. The third-order valence-corrected chi connectivity index (χ3v) is 16.1. The summed E-state index contributed by atoms with van der Waals surface area (Å²) in [5.74, 6) is -4.45. The summed E-state index contributed by atoms with van der Waals surface area (Å²) in [6.45, 7) is 15.0. The Morgan fingerprint density at radius 3 is 2.38 bits per heavy atom. The number of imidazole rings is 1. The number of esters is 1. The third-order valence-electron chi connectivity index (χ3n) is 14.2. The summed E-state index contributed by atoms with van der Waals surface area (Å²) in [6.07, 6.45) is 2.52. The first kappa shape index (κ1) is 52.2. The number of hydrogen-bond donors (Lipinski definition) is 4. The van der Waals surface area contributed by atoms with Crippen molar-refractivity contribution >= 4 is 75.2 Å². The van der Waals surface area contributed by atoms with E-state index in [9.17, 15) is 24.6 Å². The van der Waals surface area contributed by atoms with Gasteiger partial charge in [0.15, 0.2) is 18.4 Å². The van der Waals surface area contributed by atoms with E-state index in [1.54, 1.807) is 31.9 Å². The highest BCUT2D eigenvalue weighted by molar-refractivity contribution is 7.99. The zero-order valence-electron chi connectivity index (χ0n) is 39.7. The number of carbonyl (C=O) groups excluding carboxylic acids is 3. The Morgan fingerprint density at radius 1 is 1.06 bits per heavy atom. The molecule has 0 radical (unpaired) electrons. The molecule has 1 amide bonds. The van der Waals surface area contributed by atoms with Crippen LogP contribution in [0.2, 0.25) is 10.0 Å².